The third kappa shape index (κ3) is 4.86. The van der Waals surface area contributed by atoms with Crippen molar-refractivity contribution in [3.05, 3.63) is 109 Å². The van der Waals surface area contributed by atoms with Crippen molar-refractivity contribution < 1.29 is 0 Å². The molecule has 0 aliphatic carbocycles. The van der Waals surface area contributed by atoms with E-state index in [9.17, 15) is 0 Å². The average Bonchev–Trinajstić information content (AvgIpc) is 3.54. The molecule has 160 valence electrons. The molecule has 4 heterocycles. The molecule has 6 heteroatoms. The van der Waals surface area contributed by atoms with Gasteiger partial charge in [-0.25, -0.2) is 9.97 Å². The zero-order valence-corrected chi connectivity index (χ0v) is 17.9. The molecule has 1 aliphatic rings. The first kappa shape index (κ1) is 20.0. The highest BCUT2D eigenvalue weighted by Gasteiger charge is 2.08. The molecule has 3 aromatic heterocycles. The van der Waals surface area contributed by atoms with Gasteiger partial charge in [-0.2, -0.15) is 0 Å². The minimum absolute atomic E-state index is 0.852. The summed E-state index contributed by atoms with van der Waals surface area (Å²) < 4.78 is 4.15. The number of anilines is 1. The van der Waals surface area contributed by atoms with Crippen molar-refractivity contribution in [1.82, 2.24) is 24.1 Å². The lowest BCUT2D eigenvalue weighted by Crippen LogP contribution is -2.12. The Labute approximate surface area is 187 Å². The molecule has 32 heavy (non-hydrogen) atoms. The van der Waals surface area contributed by atoms with Crippen LogP contribution in [-0.4, -0.2) is 30.6 Å². The van der Waals surface area contributed by atoms with Crippen molar-refractivity contribution in [2.24, 2.45) is 0 Å². The Bertz CT molecular complexity index is 1280. The molecule has 5 aromatic rings. The van der Waals surface area contributed by atoms with E-state index in [0.29, 0.717) is 0 Å². The van der Waals surface area contributed by atoms with Crippen molar-refractivity contribution in [2.75, 3.05) is 11.9 Å². The van der Waals surface area contributed by atoms with E-state index >= 15 is 0 Å². The lowest BCUT2D eigenvalue weighted by molar-refractivity contribution is 0.786. The molecule has 0 saturated heterocycles. The van der Waals surface area contributed by atoms with Crippen LogP contribution in [0.1, 0.15) is 23.1 Å². The van der Waals surface area contributed by atoms with Gasteiger partial charge >= 0.3 is 0 Å². The van der Waals surface area contributed by atoms with E-state index in [4.69, 9.17) is 0 Å². The highest BCUT2D eigenvalue weighted by atomic mass is 15.0. The van der Waals surface area contributed by atoms with Crippen molar-refractivity contribution in [3.63, 3.8) is 0 Å². The fraction of sp³-hybridized carbons (Fsp3) is 0.192. The Morgan fingerprint density at radius 2 is 1.56 bits per heavy atom. The maximum absolute atomic E-state index is 4.30. The number of nitrogens with zero attached hydrogens (tertiary/aromatic N) is 5. The Balaban J connectivity index is 0.000000135. The van der Waals surface area contributed by atoms with Gasteiger partial charge in [-0.1, -0.05) is 24.3 Å². The lowest BCUT2D eigenvalue weighted by atomic mass is 10.0. The third-order valence-corrected chi connectivity index (χ3v) is 5.62. The van der Waals surface area contributed by atoms with Gasteiger partial charge in [-0.15, -0.1) is 0 Å². The summed E-state index contributed by atoms with van der Waals surface area (Å²) >= 11 is 0. The molecular formula is C26H26N6. The van der Waals surface area contributed by atoms with E-state index in [1.165, 1.54) is 40.6 Å². The largest absolute Gasteiger partial charge is 0.385 e. The van der Waals surface area contributed by atoms with Crippen LogP contribution in [0.15, 0.2) is 92.2 Å². The van der Waals surface area contributed by atoms with Gasteiger partial charge in [0.15, 0.2) is 0 Å². The molecular weight excluding hydrogens is 396 g/mol. The summed E-state index contributed by atoms with van der Waals surface area (Å²) in [5, 5.41) is 4.61. The highest BCUT2D eigenvalue weighted by Crippen LogP contribution is 2.23. The Kier molecular flexibility index (Phi) is 5.92. The molecule has 0 saturated carbocycles. The topological polar surface area (TPSA) is 60.6 Å². The first-order valence-electron chi connectivity index (χ1n) is 10.9. The fourth-order valence-electron chi connectivity index (χ4n) is 4.03. The van der Waals surface area contributed by atoms with E-state index in [1.54, 1.807) is 6.20 Å². The molecule has 6 rings (SSSR count). The van der Waals surface area contributed by atoms with Crippen molar-refractivity contribution in [3.8, 4) is 0 Å². The maximum Gasteiger partial charge on any atom is 0.0949 e. The monoisotopic (exact) mass is 422 g/mol. The predicted molar refractivity (Wildman–Crippen MR) is 128 cm³/mol. The summed E-state index contributed by atoms with van der Waals surface area (Å²) in [6, 6.07) is 17.1. The van der Waals surface area contributed by atoms with Crippen LogP contribution >= 0.6 is 0 Å². The highest BCUT2D eigenvalue weighted by molar-refractivity contribution is 5.78. The molecule has 0 spiro atoms. The van der Waals surface area contributed by atoms with Gasteiger partial charge in [0.1, 0.15) is 0 Å². The number of benzene rings is 2. The predicted octanol–water partition coefficient (Wildman–Crippen LogP) is 4.77. The SMILES string of the molecule is c1cn(Cc2ccc3c(c2)CCCN3)cn1.c1cnc2ccc(Cn3ccnc3)cc2c1. The van der Waals surface area contributed by atoms with Crippen LogP contribution in [0, 0.1) is 0 Å². The van der Waals surface area contributed by atoms with Gasteiger partial charge in [0, 0.05) is 61.7 Å². The quantitative estimate of drug-likeness (QED) is 0.453. The minimum Gasteiger partial charge on any atom is -0.385 e. The third-order valence-electron chi connectivity index (χ3n) is 5.62. The lowest BCUT2D eigenvalue weighted by Gasteiger charge is -2.18. The zero-order chi connectivity index (χ0) is 21.6. The number of aromatic nitrogens is 5. The average molecular weight is 423 g/mol. The zero-order valence-electron chi connectivity index (χ0n) is 17.9. The molecule has 0 atom stereocenters. The van der Waals surface area contributed by atoms with Gasteiger partial charge in [-0.05, 0) is 53.8 Å². The molecule has 1 N–H and O–H groups in total. The van der Waals surface area contributed by atoms with E-state index in [1.807, 2.05) is 43.5 Å². The molecule has 0 bridgehead atoms. The molecule has 0 fully saturated rings. The Hall–Kier alpha value is -3.93. The van der Waals surface area contributed by atoms with Crippen molar-refractivity contribution in [2.45, 2.75) is 25.9 Å². The first-order valence-corrected chi connectivity index (χ1v) is 10.9. The summed E-state index contributed by atoms with van der Waals surface area (Å²) in [5.41, 5.74) is 6.40. The van der Waals surface area contributed by atoms with Gasteiger partial charge < -0.3 is 14.5 Å². The van der Waals surface area contributed by atoms with E-state index in [0.717, 1.165) is 25.2 Å². The standard InChI is InChI=1S/C13H15N3.C13H11N3/c2*1-2-12-8-11(3-4-13(12)15-5-1)9-16-7-6-14-10-16/h3-4,6-8,10,15H,1-2,5,9H2;1-8,10H,9H2. The van der Waals surface area contributed by atoms with E-state index < -0.39 is 0 Å². The first-order chi connectivity index (χ1) is 15.8. The van der Waals surface area contributed by atoms with Crippen LogP contribution in [0.5, 0.6) is 0 Å². The van der Waals surface area contributed by atoms with Gasteiger partial charge in [0.05, 0.1) is 18.2 Å². The minimum atomic E-state index is 0.852. The second kappa shape index (κ2) is 9.47. The van der Waals surface area contributed by atoms with E-state index in [-0.39, 0.29) is 0 Å². The molecule has 0 unspecified atom stereocenters. The number of imidazole rings is 2. The molecule has 0 radical (unpaired) electrons. The van der Waals surface area contributed by atoms with Gasteiger partial charge in [0.25, 0.3) is 0 Å². The molecule has 2 aromatic carbocycles. The fourth-order valence-corrected chi connectivity index (χ4v) is 4.03. The van der Waals surface area contributed by atoms with Crippen LogP contribution in [0.2, 0.25) is 0 Å². The summed E-state index contributed by atoms with van der Waals surface area (Å²) in [7, 11) is 0. The van der Waals surface area contributed by atoms with E-state index in [2.05, 4.69) is 71.9 Å². The van der Waals surface area contributed by atoms with Gasteiger partial charge in [-0.3, -0.25) is 4.98 Å². The number of rotatable bonds is 4. The number of nitrogens with one attached hydrogen (secondary N) is 1. The summed E-state index contributed by atoms with van der Waals surface area (Å²) in [6.45, 7) is 2.87. The number of pyridine rings is 1. The van der Waals surface area contributed by atoms with Crippen LogP contribution in [0.4, 0.5) is 5.69 Å². The number of fused-ring (bicyclic) bond motifs is 2. The Morgan fingerprint density at radius 1 is 0.812 bits per heavy atom. The Morgan fingerprint density at radius 3 is 2.31 bits per heavy atom. The normalized spacial score (nSPS) is 12.5. The smallest absolute Gasteiger partial charge is 0.0949 e. The van der Waals surface area contributed by atoms with Crippen LogP contribution < -0.4 is 5.32 Å². The summed E-state index contributed by atoms with van der Waals surface area (Å²) in [5.74, 6) is 0. The van der Waals surface area contributed by atoms with Crippen LogP contribution in [0.25, 0.3) is 10.9 Å². The second-order valence-corrected chi connectivity index (χ2v) is 8.02. The maximum atomic E-state index is 4.30. The second-order valence-electron chi connectivity index (χ2n) is 8.02. The van der Waals surface area contributed by atoms with Crippen molar-refractivity contribution in [1.29, 1.82) is 0 Å². The van der Waals surface area contributed by atoms with Crippen LogP contribution in [0.3, 0.4) is 0 Å². The van der Waals surface area contributed by atoms with Crippen molar-refractivity contribution >= 4 is 16.6 Å². The molecule has 6 nitrogen and oxygen atoms in total. The number of aryl methyl sites for hydroxylation is 1. The molecule has 0 amide bonds. The molecule has 1 aliphatic heterocycles. The van der Waals surface area contributed by atoms with Gasteiger partial charge in [0.2, 0.25) is 0 Å². The van der Waals surface area contributed by atoms with Crippen LogP contribution in [-0.2, 0) is 19.5 Å². The number of hydrogen-bond donors (Lipinski definition) is 1. The number of hydrogen-bond acceptors (Lipinski definition) is 4. The summed E-state index contributed by atoms with van der Waals surface area (Å²) in [6.07, 6.45) is 15.5. The summed E-state index contributed by atoms with van der Waals surface area (Å²) in [4.78, 5) is 12.4.